The third-order valence-corrected chi connectivity index (χ3v) is 5.86. The number of hydrogen-bond donors (Lipinski definition) is 0. The first-order chi connectivity index (χ1) is 11.0. The summed E-state index contributed by atoms with van der Waals surface area (Å²) in [5.74, 6) is 0.671. The van der Waals surface area contributed by atoms with Crippen LogP contribution >= 0.6 is 0 Å². The Morgan fingerprint density at radius 1 is 0.739 bits per heavy atom. The van der Waals surface area contributed by atoms with Crippen molar-refractivity contribution in [1.82, 2.24) is 0 Å². The summed E-state index contributed by atoms with van der Waals surface area (Å²) >= 11 is 0. The topological polar surface area (TPSA) is 0 Å². The summed E-state index contributed by atoms with van der Waals surface area (Å²) in [5, 5.41) is 0. The van der Waals surface area contributed by atoms with Gasteiger partial charge in [-0.15, -0.1) is 0 Å². The molecule has 0 aliphatic carbocycles. The standard InChI is InChI=1S/C23H32/c1-6-22(5,20-14-10-8-11-15-20)23(7-2,18-19(3)4)21-16-12-9-13-17-21/h8-17,19H,6-7,18H2,1-5H3. The van der Waals surface area contributed by atoms with Gasteiger partial charge in [-0.1, -0.05) is 95.3 Å². The molecule has 0 saturated heterocycles. The first-order valence-electron chi connectivity index (χ1n) is 9.11. The van der Waals surface area contributed by atoms with Crippen molar-refractivity contribution in [2.75, 3.05) is 0 Å². The average molecular weight is 309 g/mol. The lowest BCUT2D eigenvalue weighted by molar-refractivity contribution is 0.175. The van der Waals surface area contributed by atoms with Crippen LogP contribution in [0.4, 0.5) is 0 Å². The Balaban J connectivity index is 2.68. The lowest BCUT2D eigenvalue weighted by Crippen LogP contribution is -2.47. The Morgan fingerprint density at radius 2 is 1.22 bits per heavy atom. The Bertz CT molecular complexity index is 584. The fourth-order valence-electron chi connectivity index (χ4n) is 4.48. The molecule has 0 aliphatic heterocycles. The minimum atomic E-state index is 0.134. The van der Waals surface area contributed by atoms with E-state index in [1.807, 2.05) is 0 Å². The summed E-state index contributed by atoms with van der Waals surface area (Å²) < 4.78 is 0. The molecule has 0 aromatic heterocycles. The molecular formula is C23H32. The molecule has 2 rings (SSSR count). The predicted molar refractivity (Wildman–Crippen MR) is 102 cm³/mol. The molecule has 0 radical (unpaired) electrons. The highest BCUT2D eigenvalue weighted by atomic mass is 14.5. The minimum absolute atomic E-state index is 0.134. The maximum atomic E-state index is 2.47. The van der Waals surface area contributed by atoms with Crippen molar-refractivity contribution in [1.29, 1.82) is 0 Å². The van der Waals surface area contributed by atoms with Crippen molar-refractivity contribution < 1.29 is 0 Å². The highest BCUT2D eigenvalue weighted by molar-refractivity contribution is 5.38. The molecule has 0 heteroatoms. The van der Waals surface area contributed by atoms with Gasteiger partial charge in [-0.3, -0.25) is 0 Å². The van der Waals surface area contributed by atoms with Gasteiger partial charge in [0.25, 0.3) is 0 Å². The molecule has 124 valence electrons. The monoisotopic (exact) mass is 308 g/mol. The van der Waals surface area contributed by atoms with Crippen molar-refractivity contribution in [2.24, 2.45) is 5.92 Å². The van der Waals surface area contributed by atoms with Gasteiger partial charge in [0.2, 0.25) is 0 Å². The van der Waals surface area contributed by atoms with Crippen LogP contribution in [0.3, 0.4) is 0 Å². The zero-order chi connectivity index (χ0) is 16.9. The van der Waals surface area contributed by atoms with Crippen LogP contribution in [0.15, 0.2) is 60.7 Å². The normalized spacial score (nSPS) is 16.8. The van der Waals surface area contributed by atoms with Gasteiger partial charge >= 0.3 is 0 Å². The van der Waals surface area contributed by atoms with Crippen LogP contribution in [0, 0.1) is 5.92 Å². The van der Waals surface area contributed by atoms with Crippen molar-refractivity contribution in [3.8, 4) is 0 Å². The summed E-state index contributed by atoms with van der Waals surface area (Å²) in [6, 6.07) is 22.3. The third kappa shape index (κ3) is 3.22. The molecule has 0 fully saturated rings. The van der Waals surface area contributed by atoms with Gasteiger partial charge in [0, 0.05) is 10.8 Å². The Hall–Kier alpha value is -1.56. The number of benzene rings is 2. The van der Waals surface area contributed by atoms with Gasteiger partial charge in [-0.25, -0.2) is 0 Å². The quantitative estimate of drug-likeness (QED) is 0.531. The van der Waals surface area contributed by atoms with E-state index < -0.39 is 0 Å². The van der Waals surface area contributed by atoms with Crippen LogP contribution in [-0.2, 0) is 10.8 Å². The lowest BCUT2D eigenvalue weighted by Gasteiger charge is -2.50. The second-order valence-corrected chi connectivity index (χ2v) is 7.45. The third-order valence-electron chi connectivity index (χ3n) is 5.86. The van der Waals surface area contributed by atoms with Crippen LogP contribution in [0.5, 0.6) is 0 Å². The second-order valence-electron chi connectivity index (χ2n) is 7.45. The molecule has 2 aromatic rings. The Labute approximate surface area is 143 Å². The van der Waals surface area contributed by atoms with E-state index in [0.29, 0.717) is 5.92 Å². The molecular weight excluding hydrogens is 276 g/mol. The summed E-state index contributed by atoms with van der Waals surface area (Å²) in [4.78, 5) is 0. The summed E-state index contributed by atoms with van der Waals surface area (Å²) in [7, 11) is 0. The van der Waals surface area contributed by atoms with E-state index >= 15 is 0 Å². The molecule has 0 amide bonds. The highest BCUT2D eigenvalue weighted by Crippen LogP contribution is 2.52. The smallest absolute Gasteiger partial charge is 0.00468 e. The Morgan fingerprint density at radius 3 is 1.61 bits per heavy atom. The number of rotatable bonds is 7. The first kappa shape index (κ1) is 17.8. The predicted octanol–water partition coefficient (Wildman–Crippen LogP) is 6.75. The van der Waals surface area contributed by atoms with Gasteiger partial charge < -0.3 is 0 Å². The largest absolute Gasteiger partial charge is 0.0645 e. The van der Waals surface area contributed by atoms with Gasteiger partial charge in [-0.2, -0.15) is 0 Å². The second kappa shape index (κ2) is 7.34. The van der Waals surface area contributed by atoms with E-state index in [1.54, 1.807) is 0 Å². The van der Waals surface area contributed by atoms with Gasteiger partial charge in [-0.05, 0) is 36.3 Å². The molecule has 23 heavy (non-hydrogen) atoms. The molecule has 2 atom stereocenters. The Kier molecular flexibility index (Phi) is 5.68. The molecule has 0 aliphatic rings. The zero-order valence-corrected chi connectivity index (χ0v) is 15.5. The molecule has 0 spiro atoms. The SMILES string of the molecule is CCC(C)(c1ccccc1)C(CC)(CC(C)C)c1ccccc1. The van der Waals surface area contributed by atoms with E-state index in [9.17, 15) is 0 Å². The number of hydrogen-bond acceptors (Lipinski definition) is 0. The van der Waals surface area contributed by atoms with Gasteiger partial charge in [0.1, 0.15) is 0 Å². The molecule has 0 saturated carbocycles. The van der Waals surface area contributed by atoms with Crippen molar-refractivity contribution in [3.05, 3.63) is 71.8 Å². The van der Waals surface area contributed by atoms with Crippen LogP contribution in [0.1, 0.15) is 65.0 Å². The maximum absolute atomic E-state index is 2.47. The fraction of sp³-hybridized carbons (Fsp3) is 0.478. The van der Waals surface area contributed by atoms with E-state index in [-0.39, 0.29) is 10.8 Å². The van der Waals surface area contributed by atoms with Crippen molar-refractivity contribution >= 4 is 0 Å². The lowest BCUT2D eigenvalue weighted by atomic mass is 9.53. The molecule has 0 bridgehead atoms. The van der Waals surface area contributed by atoms with Crippen LogP contribution in [-0.4, -0.2) is 0 Å². The van der Waals surface area contributed by atoms with Crippen LogP contribution in [0.25, 0.3) is 0 Å². The molecule has 0 nitrogen and oxygen atoms in total. The van der Waals surface area contributed by atoms with E-state index in [1.165, 1.54) is 17.5 Å². The zero-order valence-electron chi connectivity index (χ0n) is 15.5. The van der Waals surface area contributed by atoms with E-state index in [0.717, 1.165) is 12.8 Å². The molecule has 0 N–H and O–H groups in total. The van der Waals surface area contributed by atoms with Gasteiger partial charge in [0.15, 0.2) is 0 Å². The molecule has 0 heterocycles. The minimum Gasteiger partial charge on any atom is -0.0645 e. The summed E-state index contributed by atoms with van der Waals surface area (Å²) in [6.45, 7) is 11.9. The van der Waals surface area contributed by atoms with Crippen LogP contribution in [0.2, 0.25) is 0 Å². The maximum Gasteiger partial charge on any atom is 0.00468 e. The first-order valence-corrected chi connectivity index (χ1v) is 9.11. The van der Waals surface area contributed by atoms with Crippen molar-refractivity contribution in [3.63, 3.8) is 0 Å². The summed E-state index contributed by atoms with van der Waals surface area (Å²) in [6.07, 6.45) is 3.52. The van der Waals surface area contributed by atoms with E-state index in [4.69, 9.17) is 0 Å². The van der Waals surface area contributed by atoms with Crippen molar-refractivity contribution in [2.45, 2.75) is 64.7 Å². The van der Waals surface area contributed by atoms with E-state index in [2.05, 4.69) is 95.3 Å². The molecule has 2 aromatic carbocycles. The van der Waals surface area contributed by atoms with Gasteiger partial charge in [0.05, 0.1) is 0 Å². The fourth-order valence-corrected chi connectivity index (χ4v) is 4.48. The summed E-state index contributed by atoms with van der Waals surface area (Å²) in [5.41, 5.74) is 3.26. The molecule has 2 unspecified atom stereocenters. The average Bonchev–Trinajstić information content (AvgIpc) is 2.60. The van der Waals surface area contributed by atoms with Crippen LogP contribution < -0.4 is 0 Å². The highest BCUT2D eigenvalue weighted by Gasteiger charge is 2.47.